The second-order valence-corrected chi connectivity index (χ2v) is 18.5. The molecule has 384 valence electrons. The van der Waals surface area contributed by atoms with E-state index in [0.717, 1.165) is 103 Å². The van der Waals surface area contributed by atoms with Crippen molar-refractivity contribution in [2.75, 3.05) is 13.2 Å². The zero-order valence-electron chi connectivity index (χ0n) is 43.9. The summed E-state index contributed by atoms with van der Waals surface area (Å²) in [5.74, 6) is -0.933. The molecule has 0 amide bonds. The van der Waals surface area contributed by atoms with Crippen LogP contribution in [0.25, 0.3) is 0 Å². The fraction of sp³-hybridized carbons (Fsp3) is 0.721. The highest BCUT2D eigenvalue weighted by Crippen LogP contribution is 2.15. The van der Waals surface area contributed by atoms with Gasteiger partial charge in [-0.15, -0.1) is 0 Å². The third-order valence-corrected chi connectivity index (χ3v) is 11.9. The van der Waals surface area contributed by atoms with Crippen LogP contribution in [-0.4, -0.2) is 37.2 Å². The van der Waals surface area contributed by atoms with Crippen molar-refractivity contribution in [2.45, 2.75) is 271 Å². The molecule has 0 spiro atoms. The lowest BCUT2D eigenvalue weighted by atomic mass is 10.1. The number of ether oxygens (including phenoxy) is 3. The molecule has 0 aliphatic carbocycles. The van der Waals surface area contributed by atoms with Gasteiger partial charge in [-0.3, -0.25) is 14.4 Å². The summed E-state index contributed by atoms with van der Waals surface area (Å²) < 4.78 is 16.8. The Hall–Kier alpha value is -3.41. The molecule has 0 aromatic rings. The van der Waals surface area contributed by atoms with E-state index in [4.69, 9.17) is 14.2 Å². The van der Waals surface area contributed by atoms with Crippen molar-refractivity contribution in [3.63, 3.8) is 0 Å². The van der Waals surface area contributed by atoms with Crippen molar-refractivity contribution in [2.24, 2.45) is 0 Å². The third kappa shape index (κ3) is 53.4. The van der Waals surface area contributed by atoms with Crippen LogP contribution in [0.2, 0.25) is 0 Å². The minimum Gasteiger partial charge on any atom is -0.462 e. The van der Waals surface area contributed by atoms with Crippen LogP contribution in [-0.2, 0) is 28.6 Å². The number of carbonyl (C=O) groups excluding carboxylic acids is 3. The number of allylic oxidation sites excluding steroid dienone is 14. The molecule has 67 heavy (non-hydrogen) atoms. The van der Waals surface area contributed by atoms with Gasteiger partial charge in [0.25, 0.3) is 0 Å². The Balaban J connectivity index is 4.41. The van der Waals surface area contributed by atoms with Gasteiger partial charge >= 0.3 is 17.9 Å². The number of carbonyl (C=O) groups is 3. The number of rotatable bonds is 50. The maximum atomic E-state index is 12.8. The van der Waals surface area contributed by atoms with Crippen molar-refractivity contribution in [3.05, 3.63) is 85.1 Å². The van der Waals surface area contributed by atoms with Gasteiger partial charge in [-0.25, -0.2) is 0 Å². The molecular formula is C61H104O6. The van der Waals surface area contributed by atoms with Crippen molar-refractivity contribution in [3.8, 4) is 0 Å². The van der Waals surface area contributed by atoms with Crippen molar-refractivity contribution < 1.29 is 28.6 Å². The molecule has 0 aliphatic rings. The van der Waals surface area contributed by atoms with Gasteiger partial charge in [-0.05, 0) is 109 Å². The molecule has 0 bridgehead atoms. The fourth-order valence-corrected chi connectivity index (χ4v) is 7.62. The largest absolute Gasteiger partial charge is 0.462 e. The quantitative estimate of drug-likeness (QED) is 0.0262. The van der Waals surface area contributed by atoms with E-state index in [2.05, 4.69) is 106 Å². The Morgan fingerprint density at radius 2 is 0.597 bits per heavy atom. The van der Waals surface area contributed by atoms with Gasteiger partial charge in [-0.2, -0.15) is 0 Å². The molecule has 0 radical (unpaired) electrons. The van der Waals surface area contributed by atoms with Crippen LogP contribution in [0.15, 0.2) is 85.1 Å². The smallest absolute Gasteiger partial charge is 0.306 e. The molecular weight excluding hydrogens is 829 g/mol. The molecule has 0 aromatic carbocycles. The average molecular weight is 933 g/mol. The monoisotopic (exact) mass is 933 g/mol. The first kappa shape index (κ1) is 63.6. The maximum absolute atomic E-state index is 12.8. The summed E-state index contributed by atoms with van der Waals surface area (Å²) in [4.78, 5) is 38.1. The van der Waals surface area contributed by atoms with Crippen LogP contribution in [0.3, 0.4) is 0 Å². The Morgan fingerprint density at radius 3 is 0.985 bits per heavy atom. The molecule has 0 saturated heterocycles. The van der Waals surface area contributed by atoms with E-state index in [0.29, 0.717) is 19.3 Å². The molecule has 0 heterocycles. The lowest BCUT2D eigenvalue weighted by Crippen LogP contribution is -2.30. The van der Waals surface area contributed by atoms with E-state index in [1.807, 2.05) is 0 Å². The van der Waals surface area contributed by atoms with Gasteiger partial charge in [0.2, 0.25) is 0 Å². The first-order chi connectivity index (χ1) is 33.0. The number of hydrogen-bond acceptors (Lipinski definition) is 6. The minimum atomic E-state index is -0.795. The molecule has 0 fully saturated rings. The van der Waals surface area contributed by atoms with Crippen LogP contribution in [0.1, 0.15) is 265 Å². The molecule has 0 aliphatic heterocycles. The van der Waals surface area contributed by atoms with Crippen LogP contribution in [0, 0.1) is 0 Å². The zero-order valence-corrected chi connectivity index (χ0v) is 43.9. The van der Waals surface area contributed by atoms with Crippen LogP contribution in [0.4, 0.5) is 0 Å². The van der Waals surface area contributed by atoms with E-state index in [1.54, 1.807) is 0 Å². The van der Waals surface area contributed by atoms with E-state index >= 15 is 0 Å². The Kier molecular flexibility index (Phi) is 52.4. The van der Waals surface area contributed by atoms with Gasteiger partial charge in [0.1, 0.15) is 13.2 Å². The summed E-state index contributed by atoms with van der Waals surface area (Å²) in [5, 5.41) is 0. The van der Waals surface area contributed by atoms with Gasteiger partial charge in [-0.1, -0.05) is 221 Å². The van der Waals surface area contributed by atoms with E-state index in [9.17, 15) is 14.4 Å². The van der Waals surface area contributed by atoms with E-state index < -0.39 is 6.10 Å². The molecule has 0 N–H and O–H groups in total. The van der Waals surface area contributed by atoms with Crippen LogP contribution < -0.4 is 0 Å². The highest BCUT2D eigenvalue weighted by molar-refractivity contribution is 5.71. The molecule has 1 unspecified atom stereocenters. The van der Waals surface area contributed by atoms with Crippen molar-refractivity contribution in [1.29, 1.82) is 0 Å². The maximum Gasteiger partial charge on any atom is 0.306 e. The van der Waals surface area contributed by atoms with Gasteiger partial charge < -0.3 is 14.2 Å². The van der Waals surface area contributed by atoms with Gasteiger partial charge in [0.15, 0.2) is 6.10 Å². The Morgan fingerprint density at radius 1 is 0.313 bits per heavy atom. The normalized spacial score (nSPS) is 12.7. The summed E-state index contributed by atoms with van der Waals surface area (Å²) in [5.41, 5.74) is 0. The lowest BCUT2D eigenvalue weighted by Gasteiger charge is -2.18. The summed E-state index contributed by atoms with van der Waals surface area (Å²) in [6, 6.07) is 0. The first-order valence-corrected chi connectivity index (χ1v) is 28.1. The Bertz CT molecular complexity index is 1300. The SMILES string of the molecule is CC/C=C\C/C=C\C/C=C\C/C=C\C/C=C\CCCCCC(=O)OCC(COC(=O)CCCCCCC/C=C\CCCC)OC(=O)CCCCCCCCCCC/C=C\CCCCCCCC. The molecule has 0 rings (SSSR count). The lowest BCUT2D eigenvalue weighted by molar-refractivity contribution is -0.167. The predicted molar refractivity (Wildman–Crippen MR) is 288 cm³/mol. The molecule has 6 nitrogen and oxygen atoms in total. The number of esters is 3. The Labute approximate surface area is 414 Å². The van der Waals surface area contributed by atoms with Crippen molar-refractivity contribution in [1.82, 2.24) is 0 Å². The van der Waals surface area contributed by atoms with Gasteiger partial charge in [0.05, 0.1) is 0 Å². The number of hydrogen-bond donors (Lipinski definition) is 0. The summed E-state index contributed by atoms with van der Waals surface area (Å²) in [7, 11) is 0. The minimum absolute atomic E-state index is 0.0923. The highest BCUT2D eigenvalue weighted by atomic mass is 16.6. The molecule has 0 aromatic heterocycles. The standard InChI is InChI=1S/C61H104O6/c1-4-7-10-13-16-19-22-24-26-28-30-32-34-36-39-42-45-48-51-54-60(63)66-57-58(56-65-59(62)53-50-47-44-41-38-21-18-15-12-9-6-3)67-61(64)55-52-49-46-43-40-37-35-33-31-29-27-25-23-20-17-14-11-8-5-2/h7,10,15-16,18-19,24-27,30,32,36,39,58H,4-6,8-9,11-14,17,20-23,28-29,31,33-35,37-38,40-57H2,1-3H3/b10-7-,18-15-,19-16-,26-24-,27-25-,32-30-,39-36-. The fourth-order valence-electron chi connectivity index (χ4n) is 7.62. The molecule has 1 atom stereocenters. The van der Waals surface area contributed by atoms with Crippen molar-refractivity contribution >= 4 is 17.9 Å². The number of unbranched alkanes of at least 4 members (excludes halogenated alkanes) is 25. The summed E-state index contributed by atoms with van der Waals surface area (Å²) in [6.45, 7) is 6.45. The van der Waals surface area contributed by atoms with E-state index in [-0.39, 0.29) is 31.1 Å². The second kappa shape index (κ2) is 55.2. The van der Waals surface area contributed by atoms with E-state index in [1.165, 1.54) is 122 Å². The average Bonchev–Trinajstić information content (AvgIpc) is 3.33. The van der Waals surface area contributed by atoms with Crippen LogP contribution in [0.5, 0.6) is 0 Å². The molecule has 0 saturated carbocycles. The highest BCUT2D eigenvalue weighted by Gasteiger charge is 2.19. The zero-order chi connectivity index (χ0) is 48.6. The van der Waals surface area contributed by atoms with Crippen LogP contribution >= 0.6 is 0 Å². The molecule has 6 heteroatoms. The first-order valence-electron chi connectivity index (χ1n) is 28.1. The van der Waals surface area contributed by atoms with Gasteiger partial charge in [0, 0.05) is 19.3 Å². The topological polar surface area (TPSA) is 78.9 Å². The predicted octanol–water partition coefficient (Wildman–Crippen LogP) is 18.8. The second-order valence-electron chi connectivity index (χ2n) is 18.5. The third-order valence-electron chi connectivity index (χ3n) is 11.9. The summed E-state index contributed by atoms with van der Waals surface area (Å²) >= 11 is 0. The summed E-state index contributed by atoms with van der Waals surface area (Å²) in [6.07, 6.45) is 71.4.